The lowest BCUT2D eigenvalue weighted by atomic mass is 10.4. The van der Waals surface area contributed by atoms with E-state index >= 15 is 0 Å². The molecule has 1 fully saturated rings. The largest absolute Gasteiger partial charge is 0.326 e. The topological polar surface area (TPSA) is 20.3 Å². The smallest absolute Gasteiger partial charge is 0.246 e. The van der Waals surface area contributed by atoms with Gasteiger partial charge in [-0.3, -0.25) is 4.79 Å². The van der Waals surface area contributed by atoms with Crippen molar-refractivity contribution in [3.63, 3.8) is 0 Å². The first-order chi connectivity index (χ1) is 5.29. The maximum Gasteiger partial charge on any atom is 0.246 e. The van der Waals surface area contributed by atoms with Crippen LogP contribution in [0.4, 0.5) is 0 Å². The molecule has 1 saturated heterocycles. The summed E-state index contributed by atoms with van der Waals surface area (Å²) in [5, 5.41) is 0.254. The van der Waals surface area contributed by atoms with Gasteiger partial charge in [-0.25, -0.2) is 0 Å². The summed E-state index contributed by atoms with van der Waals surface area (Å²) < 4.78 is 0. The average molecular weight is 189 g/mol. The molecule has 1 rings (SSSR count). The number of likely N-dealkylation sites (tertiary alicyclic amines) is 1. The molecule has 62 valence electrons. The predicted molar refractivity (Wildman–Crippen MR) is 51.5 cm³/mol. The van der Waals surface area contributed by atoms with Crippen molar-refractivity contribution in [1.29, 1.82) is 0 Å². The van der Waals surface area contributed by atoms with Gasteiger partial charge in [0.1, 0.15) is 0 Å². The third-order valence-electron chi connectivity index (χ3n) is 1.78. The molecule has 1 unspecified atom stereocenters. The van der Waals surface area contributed by atoms with Gasteiger partial charge >= 0.3 is 0 Å². The second-order valence-corrected chi connectivity index (χ2v) is 3.83. The number of amides is 1. The summed E-state index contributed by atoms with van der Waals surface area (Å²) in [7, 11) is 1.44. The molecule has 0 bridgehead atoms. The van der Waals surface area contributed by atoms with Gasteiger partial charge < -0.3 is 4.90 Å². The van der Waals surface area contributed by atoms with Crippen LogP contribution in [0, 0.1) is 0 Å². The lowest BCUT2D eigenvalue weighted by Crippen LogP contribution is -2.31. The maximum atomic E-state index is 11.1. The van der Waals surface area contributed by atoms with Crippen LogP contribution in [0.25, 0.3) is 0 Å². The van der Waals surface area contributed by atoms with Gasteiger partial charge in [-0.15, -0.1) is 11.7 Å². The van der Waals surface area contributed by atoms with E-state index in [9.17, 15) is 4.79 Å². The van der Waals surface area contributed by atoms with Gasteiger partial charge in [0.15, 0.2) is 0 Å². The monoisotopic (exact) mass is 189 g/mol. The van der Waals surface area contributed by atoms with E-state index in [2.05, 4.69) is 18.2 Å². The first-order valence-electron chi connectivity index (χ1n) is 3.53. The molecule has 1 heterocycles. The molecule has 0 spiro atoms. The summed E-state index contributed by atoms with van der Waals surface area (Å²) in [4.78, 5) is 13.0. The molecule has 0 aromatic carbocycles. The van der Waals surface area contributed by atoms with Gasteiger partial charge in [-0.1, -0.05) is 17.4 Å². The predicted octanol–water partition coefficient (Wildman–Crippen LogP) is 1.70. The summed E-state index contributed by atoms with van der Waals surface area (Å²) in [6.45, 7) is 4.30. The standard InChI is InChI=1S/C7H11NOS2/c1-2-6(9)8-5-3-4-7(8)11-10/h2,7,10H,1,3-5H2. The van der Waals surface area contributed by atoms with Crippen LogP contribution in [0.5, 0.6) is 0 Å². The first kappa shape index (κ1) is 9.00. The Morgan fingerprint density at radius 1 is 1.82 bits per heavy atom. The van der Waals surface area contributed by atoms with Crippen molar-refractivity contribution in [3.8, 4) is 0 Å². The molecular weight excluding hydrogens is 178 g/mol. The SMILES string of the molecule is C=CC(=O)N1CCCC1SS. The van der Waals surface area contributed by atoms with E-state index in [4.69, 9.17) is 0 Å². The Morgan fingerprint density at radius 3 is 3.09 bits per heavy atom. The molecule has 0 radical (unpaired) electrons. The molecule has 0 aromatic heterocycles. The molecule has 0 aromatic rings. The molecular formula is C7H11NOS2. The van der Waals surface area contributed by atoms with Crippen LogP contribution in [0.15, 0.2) is 12.7 Å². The van der Waals surface area contributed by atoms with Crippen LogP contribution in [0.2, 0.25) is 0 Å². The minimum Gasteiger partial charge on any atom is -0.326 e. The van der Waals surface area contributed by atoms with Crippen molar-refractivity contribution in [2.24, 2.45) is 0 Å². The Bertz CT molecular complexity index is 172. The fourth-order valence-corrected chi connectivity index (χ4v) is 2.47. The Morgan fingerprint density at radius 2 is 2.55 bits per heavy atom. The lowest BCUT2D eigenvalue weighted by Gasteiger charge is -2.20. The van der Waals surface area contributed by atoms with Crippen molar-refractivity contribution >= 4 is 28.4 Å². The van der Waals surface area contributed by atoms with E-state index < -0.39 is 0 Å². The number of thiol groups is 1. The first-order valence-corrected chi connectivity index (χ1v) is 5.46. The molecule has 11 heavy (non-hydrogen) atoms. The molecule has 0 saturated carbocycles. The summed E-state index contributed by atoms with van der Waals surface area (Å²) in [6, 6.07) is 0. The molecule has 0 N–H and O–H groups in total. The Kier molecular flexibility index (Phi) is 3.33. The van der Waals surface area contributed by atoms with Gasteiger partial charge in [-0.05, 0) is 18.9 Å². The van der Waals surface area contributed by atoms with Gasteiger partial charge in [-0.2, -0.15) is 0 Å². The van der Waals surface area contributed by atoms with Crippen molar-refractivity contribution in [1.82, 2.24) is 4.90 Å². The van der Waals surface area contributed by atoms with E-state index in [0.717, 1.165) is 19.4 Å². The zero-order valence-electron chi connectivity index (χ0n) is 6.19. The fourth-order valence-electron chi connectivity index (χ4n) is 1.22. The third-order valence-corrected chi connectivity index (χ3v) is 3.24. The zero-order valence-corrected chi connectivity index (χ0v) is 7.90. The van der Waals surface area contributed by atoms with E-state index in [0.29, 0.717) is 0 Å². The van der Waals surface area contributed by atoms with Crippen LogP contribution < -0.4 is 0 Å². The van der Waals surface area contributed by atoms with E-state index in [1.54, 1.807) is 0 Å². The van der Waals surface area contributed by atoms with Gasteiger partial charge in [0.25, 0.3) is 0 Å². The maximum absolute atomic E-state index is 11.1. The summed E-state index contributed by atoms with van der Waals surface area (Å²) in [5.74, 6) is 0.0223. The summed E-state index contributed by atoms with van der Waals surface area (Å²) in [6.07, 6.45) is 3.49. The van der Waals surface area contributed by atoms with Crippen LogP contribution in [-0.4, -0.2) is 22.7 Å². The number of carbonyl (C=O) groups is 1. The normalized spacial score (nSPS) is 23.7. The second kappa shape index (κ2) is 4.07. The average Bonchev–Trinajstić information content (AvgIpc) is 2.50. The van der Waals surface area contributed by atoms with Crippen LogP contribution in [0.3, 0.4) is 0 Å². The van der Waals surface area contributed by atoms with Crippen LogP contribution in [-0.2, 0) is 4.79 Å². The molecule has 1 aliphatic heterocycles. The Hall–Kier alpha value is -0.0900. The minimum atomic E-state index is 0.0223. The fraction of sp³-hybridized carbons (Fsp3) is 0.571. The van der Waals surface area contributed by atoms with Crippen LogP contribution in [0.1, 0.15) is 12.8 Å². The van der Waals surface area contributed by atoms with Crippen molar-refractivity contribution in [3.05, 3.63) is 12.7 Å². The van der Waals surface area contributed by atoms with Gasteiger partial charge in [0.2, 0.25) is 5.91 Å². The Labute approximate surface area is 75.8 Å². The van der Waals surface area contributed by atoms with Gasteiger partial charge in [0.05, 0.1) is 5.37 Å². The van der Waals surface area contributed by atoms with E-state index in [1.165, 1.54) is 16.9 Å². The number of rotatable bonds is 2. The van der Waals surface area contributed by atoms with Crippen molar-refractivity contribution in [2.45, 2.75) is 18.2 Å². The highest BCUT2D eigenvalue weighted by Crippen LogP contribution is 2.29. The van der Waals surface area contributed by atoms with E-state index in [1.807, 2.05) is 4.90 Å². The van der Waals surface area contributed by atoms with Crippen molar-refractivity contribution in [2.75, 3.05) is 6.54 Å². The summed E-state index contributed by atoms with van der Waals surface area (Å²) in [5.41, 5.74) is 0. The summed E-state index contributed by atoms with van der Waals surface area (Å²) >= 11 is 4.10. The number of carbonyl (C=O) groups excluding carboxylic acids is 1. The molecule has 2 nitrogen and oxygen atoms in total. The molecule has 1 amide bonds. The number of nitrogens with zero attached hydrogens (tertiary/aromatic N) is 1. The van der Waals surface area contributed by atoms with Crippen LogP contribution >= 0.6 is 22.5 Å². The van der Waals surface area contributed by atoms with Gasteiger partial charge in [0, 0.05) is 6.54 Å². The molecule has 1 aliphatic rings. The quantitative estimate of drug-likeness (QED) is 0.405. The lowest BCUT2D eigenvalue weighted by molar-refractivity contribution is -0.125. The number of hydrogen-bond acceptors (Lipinski definition) is 3. The van der Waals surface area contributed by atoms with E-state index in [-0.39, 0.29) is 11.3 Å². The molecule has 0 aliphatic carbocycles. The molecule has 1 atom stereocenters. The minimum absolute atomic E-state index is 0.0223. The third kappa shape index (κ3) is 1.93. The second-order valence-electron chi connectivity index (χ2n) is 2.44. The Balaban J connectivity index is 2.55. The van der Waals surface area contributed by atoms with Crippen molar-refractivity contribution < 1.29 is 4.79 Å². The number of hydrogen-bond donors (Lipinski definition) is 1. The highest BCUT2D eigenvalue weighted by molar-refractivity contribution is 8.68. The zero-order chi connectivity index (χ0) is 8.27. The molecule has 4 heteroatoms. The highest BCUT2D eigenvalue weighted by Gasteiger charge is 2.26. The highest BCUT2D eigenvalue weighted by atomic mass is 33.1.